The lowest BCUT2D eigenvalue weighted by molar-refractivity contribution is -0.757. The maximum Gasteiger partial charge on any atom is 0.294 e. The Morgan fingerprint density at radius 1 is 1.14 bits per heavy atom. The van der Waals surface area contributed by atoms with Crippen molar-refractivity contribution >= 4 is 13.7 Å². The van der Waals surface area contributed by atoms with E-state index in [4.69, 9.17) is 9.05 Å². The molecular weight excluding hydrogens is 293 g/mol. The van der Waals surface area contributed by atoms with Crippen molar-refractivity contribution in [2.45, 2.75) is 46.3 Å². The van der Waals surface area contributed by atoms with Gasteiger partial charge in [-0.2, -0.15) is 0 Å². The van der Waals surface area contributed by atoms with Crippen LogP contribution in [0.2, 0.25) is 0 Å². The number of hydrogen-bond donors (Lipinski definition) is 0. The van der Waals surface area contributed by atoms with Gasteiger partial charge in [-0.1, -0.05) is 18.2 Å². The predicted molar refractivity (Wildman–Crippen MR) is 82.1 cm³/mol. The topological polar surface area (TPSA) is 70.8 Å². The average Bonchev–Trinajstić information content (AvgIpc) is 2.37. The van der Waals surface area contributed by atoms with Crippen molar-refractivity contribution in [3.8, 4) is 0 Å². The summed E-state index contributed by atoms with van der Waals surface area (Å²) in [6, 6.07) is 7.67. The minimum Gasteiger partial charge on any atom is -0.328 e. The van der Waals surface area contributed by atoms with Crippen molar-refractivity contribution in [3.63, 3.8) is 0 Å². The first-order valence-electron chi connectivity index (χ1n) is 6.89. The molecule has 0 fully saturated rings. The highest BCUT2D eigenvalue weighted by atomic mass is 31.2. The van der Waals surface area contributed by atoms with Gasteiger partial charge in [-0.25, -0.2) is 0 Å². The van der Waals surface area contributed by atoms with E-state index < -0.39 is 13.5 Å². The minimum atomic E-state index is -1.21. The molecule has 21 heavy (non-hydrogen) atoms. The Morgan fingerprint density at radius 3 is 2.24 bits per heavy atom. The molecule has 1 aromatic carbocycles. The van der Waals surface area contributed by atoms with Crippen LogP contribution in [0.1, 0.15) is 33.3 Å². The lowest BCUT2D eigenvalue weighted by Gasteiger charge is -2.24. The van der Waals surface area contributed by atoms with Gasteiger partial charge < -0.3 is 13.9 Å². The summed E-state index contributed by atoms with van der Waals surface area (Å²) >= 11 is 0. The van der Waals surface area contributed by atoms with Crippen LogP contribution in [0.5, 0.6) is 0 Å². The molecule has 0 atom stereocenters. The average molecular weight is 315 g/mol. The first kappa shape index (κ1) is 17.8. The minimum absolute atomic E-state index is 0.0243. The first-order chi connectivity index (χ1) is 9.90. The van der Waals surface area contributed by atoms with Gasteiger partial charge in [0.25, 0.3) is 5.09 Å². The van der Waals surface area contributed by atoms with Crippen molar-refractivity contribution in [2.75, 3.05) is 6.61 Å². The van der Waals surface area contributed by atoms with Crippen LogP contribution in [0.25, 0.3) is 0 Å². The van der Waals surface area contributed by atoms with E-state index in [-0.39, 0.29) is 18.8 Å². The van der Waals surface area contributed by atoms with Crippen molar-refractivity contribution in [3.05, 3.63) is 39.9 Å². The Balaban J connectivity index is 2.87. The molecule has 0 saturated heterocycles. The summed E-state index contributed by atoms with van der Waals surface area (Å²) in [6.45, 7) is 7.85. The van der Waals surface area contributed by atoms with E-state index in [1.165, 1.54) is 0 Å². The van der Waals surface area contributed by atoms with Crippen LogP contribution in [0.15, 0.2) is 24.3 Å². The largest absolute Gasteiger partial charge is 0.328 e. The van der Waals surface area contributed by atoms with E-state index in [0.29, 0.717) is 6.42 Å². The van der Waals surface area contributed by atoms with Gasteiger partial charge in [-0.3, -0.25) is 0 Å². The summed E-state index contributed by atoms with van der Waals surface area (Å²) in [5.41, 5.74) is 0.951. The number of hydrogen-bond acceptors (Lipinski definition) is 5. The van der Waals surface area contributed by atoms with Gasteiger partial charge in [0.2, 0.25) is 8.38 Å². The van der Waals surface area contributed by atoms with Crippen LogP contribution in [-0.4, -0.2) is 23.9 Å². The summed E-state index contributed by atoms with van der Waals surface area (Å²) in [7, 11) is -1.21. The Morgan fingerprint density at radius 2 is 1.71 bits per heavy atom. The third kappa shape index (κ3) is 6.85. The maximum absolute atomic E-state index is 10.2. The molecule has 7 heteroatoms. The van der Waals surface area contributed by atoms with Gasteiger partial charge >= 0.3 is 0 Å². The third-order valence-electron chi connectivity index (χ3n) is 2.37. The number of nitrogens with zero attached hydrogens (tertiary/aromatic N) is 1. The molecule has 0 aliphatic rings. The molecular formula is C14H22NO5P. The lowest BCUT2D eigenvalue weighted by Crippen LogP contribution is -2.18. The first-order valence-corrected chi connectivity index (χ1v) is 8.06. The van der Waals surface area contributed by atoms with Gasteiger partial charge in [-0.05, 0) is 45.7 Å². The summed E-state index contributed by atoms with van der Waals surface area (Å²) in [5, 5.41) is 10.4. The second-order valence-corrected chi connectivity index (χ2v) is 6.42. The molecule has 0 amide bonds. The highest BCUT2D eigenvalue weighted by Crippen LogP contribution is 2.41. The molecule has 0 aromatic heterocycles. The third-order valence-corrected chi connectivity index (χ3v) is 4.43. The normalized spacial score (nSPS) is 11.4. The van der Waals surface area contributed by atoms with Crippen molar-refractivity contribution < 1.29 is 19.0 Å². The van der Waals surface area contributed by atoms with E-state index in [2.05, 4.69) is 4.84 Å². The molecule has 0 unspecified atom stereocenters. The van der Waals surface area contributed by atoms with Gasteiger partial charge in [0, 0.05) is 5.30 Å². The molecule has 0 N–H and O–H groups in total. The van der Waals surface area contributed by atoms with Gasteiger partial charge in [-0.15, -0.1) is 10.1 Å². The molecule has 0 aliphatic carbocycles. The zero-order valence-electron chi connectivity index (χ0n) is 12.8. The Kier molecular flexibility index (Phi) is 7.57. The van der Waals surface area contributed by atoms with Crippen LogP contribution in [-0.2, 0) is 20.3 Å². The maximum atomic E-state index is 10.2. The van der Waals surface area contributed by atoms with Gasteiger partial charge in [0.1, 0.15) is 6.61 Å². The lowest BCUT2D eigenvalue weighted by atomic mass is 10.2. The fourth-order valence-corrected chi connectivity index (χ4v) is 3.32. The van der Waals surface area contributed by atoms with Crippen molar-refractivity contribution in [1.29, 1.82) is 0 Å². The molecule has 0 heterocycles. The van der Waals surface area contributed by atoms with Crippen LogP contribution in [0.3, 0.4) is 0 Å². The monoisotopic (exact) mass is 315 g/mol. The molecule has 0 radical (unpaired) electrons. The van der Waals surface area contributed by atoms with E-state index in [0.717, 1.165) is 10.9 Å². The highest BCUT2D eigenvalue weighted by Gasteiger charge is 2.20. The second kappa shape index (κ2) is 8.93. The molecule has 0 saturated carbocycles. The molecule has 1 rings (SSSR count). The van der Waals surface area contributed by atoms with E-state index >= 15 is 0 Å². The van der Waals surface area contributed by atoms with Crippen molar-refractivity contribution in [1.82, 2.24) is 0 Å². The zero-order chi connectivity index (χ0) is 15.8. The number of rotatable bonds is 9. The highest BCUT2D eigenvalue weighted by molar-refractivity contribution is 7.56. The van der Waals surface area contributed by atoms with Crippen LogP contribution in [0, 0.1) is 10.1 Å². The van der Waals surface area contributed by atoms with Gasteiger partial charge in [0.05, 0.1) is 12.2 Å². The summed E-state index contributed by atoms with van der Waals surface area (Å²) < 4.78 is 11.8. The molecule has 0 aliphatic heterocycles. The molecule has 6 nitrogen and oxygen atoms in total. The van der Waals surface area contributed by atoms with Crippen LogP contribution in [0.4, 0.5) is 0 Å². The zero-order valence-corrected chi connectivity index (χ0v) is 13.7. The van der Waals surface area contributed by atoms with E-state index in [9.17, 15) is 10.1 Å². The van der Waals surface area contributed by atoms with Gasteiger partial charge in [0.15, 0.2) is 0 Å². The van der Waals surface area contributed by atoms with E-state index in [1.54, 1.807) is 0 Å². The fraction of sp³-hybridized carbons (Fsp3) is 0.571. The van der Waals surface area contributed by atoms with Crippen LogP contribution >= 0.6 is 8.38 Å². The molecule has 1 aromatic rings. The van der Waals surface area contributed by atoms with E-state index in [1.807, 2.05) is 52.0 Å². The predicted octanol–water partition coefficient (Wildman–Crippen LogP) is 3.22. The Labute approximate surface area is 126 Å². The number of benzene rings is 1. The molecule has 0 spiro atoms. The Hall–Kier alpha value is -1.23. The smallest absolute Gasteiger partial charge is 0.294 e. The SMILES string of the molecule is CC(C)OP(OC(C)C)c1ccccc1CCO[N+](=O)[O-]. The standard InChI is InChI=1S/C14H22NO5P/c1-11(2)19-21(20-12(3)4)14-8-6-5-7-13(14)9-10-18-15(16)17/h5-8,11-12H,9-10H2,1-4H3. The Bertz CT molecular complexity index is 443. The molecule has 118 valence electrons. The summed E-state index contributed by atoms with van der Waals surface area (Å²) in [4.78, 5) is 14.6. The molecule has 0 bridgehead atoms. The van der Waals surface area contributed by atoms with Crippen LogP contribution < -0.4 is 5.30 Å². The van der Waals surface area contributed by atoms with Crippen molar-refractivity contribution in [2.24, 2.45) is 0 Å². The quantitative estimate of drug-likeness (QED) is 0.397. The fourth-order valence-electron chi connectivity index (χ4n) is 1.65. The summed E-state index contributed by atoms with van der Waals surface area (Å²) in [5.74, 6) is 0. The summed E-state index contributed by atoms with van der Waals surface area (Å²) in [6.07, 6.45) is 0.523. The second-order valence-electron chi connectivity index (χ2n) is 5.00.